The molecule has 2 rings (SSSR count). The van der Waals surface area contributed by atoms with Crippen molar-refractivity contribution in [1.82, 2.24) is 5.32 Å². The summed E-state index contributed by atoms with van der Waals surface area (Å²) in [5.41, 5.74) is 3.44. The Balaban J connectivity index is 1.95. The first-order valence-electron chi connectivity index (χ1n) is 7.15. The monoisotopic (exact) mass is 307 g/mol. The van der Waals surface area contributed by atoms with Gasteiger partial charge in [-0.2, -0.15) is 5.26 Å². The van der Waals surface area contributed by atoms with E-state index in [-0.39, 0.29) is 18.4 Å². The number of nitriles is 1. The molecule has 23 heavy (non-hydrogen) atoms. The van der Waals surface area contributed by atoms with E-state index in [4.69, 9.17) is 5.26 Å². The van der Waals surface area contributed by atoms with Gasteiger partial charge in [0.2, 0.25) is 5.91 Å². The maximum Gasteiger partial charge on any atom is 0.251 e. The second kappa shape index (κ2) is 7.23. The molecule has 0 saturated heterocycles. The summed E-state index contributed by atoms with van der Waals surface area (Å²) < 4.78 is 0. The Bertz CT molecular complexity index is 791. The Morgan fingerprint density at radius 1 is 1.09 bits per heavy atom. The summed E-state index contributed by atoms with van der Waals surface area (Å²) in [6.45, 7) is 3.74. The molecule has 0 spiro atoms. The number of amides is 2. The Morgan fingerprint density at radius 2 is 1.83 bits per heavy atom. The summed E-state index contributed by atoms with van der Waals surface area (Å²) in [5.74, 6) is -0.693. The van der Waals surface area contributed by atoms with Gasteiger partial charge in [-0.25, -0.2) is 0 Å². The highest BCUT2D eigenvalue weighted by Crippen LogP contribution is 2.13. The van der Waals surface area contributed by atoms with E-state index >= 15 is 0 Å². The lowest BCUT2D eigenvalue weighted by atomic mass is 10.1. The van der Waals surface area contributed by atoms with Crippen molar-refractivity contribution in [3.8, 4) is 6.07 Å². The van der Waals surface area contributed by atoms with Gasteiger partial charge in [0.1, 0.15) is 6.07 Å². The SMILES string of the molecule is Cc1ccc(C(=O)NCC(=O)Nc2ccccc2C#N)cc1C. The lowest BCUT2D eigenvalue weighted by Crippen LogP contribution is -2.33. The molecule has 2 aromatic carbocycles. The van der Waals surface area contributed by atoms with Crippen LogP contribution in [0.2, 0.25) is 0 Å². The predicted molar refractivity (Wildman–Crippen MR) is 88.0 cm³/mol. The van der Waals surface area contributed by atoms with Crippen LogP contribution in [0.4, 0.5) is 5.69 Å². The van der Waals surface area contributed by atoms with Gasteiger partial charge in [0.05, 0.1) is 17.8 Å². The van der Waals surface area contributed by atoms with E-state index in [9.17, 15) is 9.59 Å². The highest BCUT2D eigenvalue weighted by Gasteiger charge is 2.10. The molecule has 0 aliphatic rings. The minimum absolute atomic E-state index is 0.161. The van der Waals surface area contributed by atoms with Crippen LogP contribution in [0.25, 0.3) is 0 Å². The number of rotatable bonds is 4. The number of carbonyl (C=O) groups excluding carboxylic acids is 2. The quantitative estimate of drug-likeness (QED) is 0.910. The number of hydrogen-bond acceptors (Lipinski definition) is 3. The van der Waals surface area contributed by atoms with Gasteiger partial charge >= 0.3 is 0 Å². The molecule has 0 atom stereocenters. The second-order valence-corrected chi connectivity index (χ2v) is 5.19. The molecule has 5 nitrogen and oxygen atoms in total. The van der Waals surface area contributed by atoms with Gasteiger partial charge in [0, 0.05) is 5.56 Å². The van der Waals surface area contributed by atoms with Gasteiger partial charge in [-0.1, -0.05) is 18.2 Å². The summed E-state index contributed by atoms with van der Waals surface area (Å²) in [6, 6.07) is 14.1. The fourth-order valence-corrected chi connectivity index (χ4v) is 2.03. The van der Waals surface area contributed by atoms with Crippen LogP contribution >= 0.6 is 0 Å². The maximum atomic E-state index is 12.0. The smallest absolute Gasteiger partial charge is 0.251 e. The summed E-state index contributed by atoms with van der Waals surface area (Å²) in [5, 5.41) is 14.2. The molecule has 0 aliphatic heterocycles. The molecular formula is C18H17N3O2. The molecule has 116 valence electrons. The molecule has 5 heteroatoms. The third-order valence-corrected chi connectivity index (χ3v) is 3.50. The number of anilines is 1. The zero-order valence-electron chi connectivity index (χ0n) is 13.0. The van der Waals surface area contributed by atoms with E-state index in [0.29, 0.717) is 16.8 Å². The largest absolute Gasteiger partial charge is 0.343 e. The third-order valence-electron chi connectivity index (χ3n) is 3.50. The first-order valence-corrected chi connectivity index (χ1v) is 7.15. The van der Waals surface area contributed by atoms with E-state index in [2.05, 4.69) is 10.6 Å². The van der Waals surface area contributed by atoms with Crippen LogP contribution in [0.3, 0.4) is 0 Å². The Labute approximate surface area is 134 Å². The van der Waals surface area contributed by atoms with Crippen LogP contribution in [0.1, 0.15) is 27.0 Å². The van der Waals surface area contributed by atoms with Crippen molar-refractivity contribution in [2.75, 3.05) is 11.9 Å². The van der Waals surface area contributed by atoms with Gasteiger partial charge in [0.15, 0.2) is 0 Å². The van der Waals surface area contributed by atoms with Crippen LogP contribution in [0.5, 0.6) is 0 Å². The fourth-order valence-electron chi connectivity index (χ4n) is 2.03. The average Bonchev–Trinajstić information content (AvgIpc) is 2.55. The lowest BCUT2D eigenvalue weighted by Gasteiger charge is -2.09. The summed E-state index contributed by atoms with van der Waals surface area (Å²) in [6.07, 6.45) is 0. The van der Waals surface area contributed by atoms with E-state index in [1.165, 1.54) is 0 Å². The maximum absolute atomic E-state index is 12.0. The van der Waals surface area contributed by atoms with Crippen LogP contribution in [0, 0.1) is 25.2 Å². The minimum atomic E-state index is -0.384. The molecule has 2 N–H and O–H groups in total. The van der Waals surface area contributed by atoms with Gasteiger partial charge in [-0.15, -0.1) is 0 Å². The van der Waals surface area contributed by atoms with Gasteiger partial charge in [-0.3, -0.25) is 9.59 Å². The van der Waals surface area contributed by atoms with Crippen molar-refractivity contribution in [3.63, 3.8) is 0 Å². The molecule has 0 fully saturated rings. The molecule has 0 bridgehead atoms. The third kappa shape index (κ3) is 4.17. The number of hydrogen-bond donors (Lipinski definition) is 2. The predicted octanol–water partition coefficient (Wildman–Crippen LogP) is 2.54. The van der Waals surface area contributed by atoms with Gasteiger partial charge in [-0.05, 0) is 49.2 Å². The molecule has 2 aromatic rings. The molecule has 0 aromatic heterocycles. The molecule has 0 aliphatic carbocycles. The number of carbonyl (C=O) groups is 2. The number of aryl methyl sites for hydroxylation is 2. The Kier molecular flexibility index (Phi) is 5.11. The van der Waals surface area contributed by atoms with Crippen molar-refractivity contribution in [2.45, 2.75) is 13.8 Å². The van der Waals surface area contributed by atoms with Crippen molar-refractivity contribution >= 4 is 17.5 Å². The second-order valence-electron chi connectivity index (χ2n) is 5.19. The van der Waals surface area contributed by atoms with E-state index in [1.54, 1.807) is 36.4 Å². The lowest BCUT2D eigenvalue weighted by molar-refractivity contribution is -0.115. The van der Waals surface area contributed by atoms with Crippen LogP contribution in [-0.4, -0.2) is 18.4 Å². The fraction of sp³-hybridized carbons (Fsp3) is 0.167. The number of para-hydroxylation sites is 1. The first-order chi connectivity index (χ1) is 11.0. The zero-order valence-corrected chi connectivity index (χ0v) is 13.0. The van der Waals surface area contributed by atoms with Gasteiger partial charge < -0.3 is 10.6 Å². The Hall–Kier alpha value is -3.13. The molecular weight excluding hydrogens is 290 g/mol. The summed E-state index contributed by atoms with van der Waals surface area (Å²) >= 11 is 0. The molecule has 0 unspecified atom stereocenters. The number of nitrogens with one attached hydrogen (secondary N) is 2. The van der Waals surface area contributed by atoms with Crippen molar-refractivity contribution in [3.05, 3.63) is 64.7 Å². The van der Waals surface area contributed by atoms with Crippen molar-refractivity contribution in [1.29, 1.82) is 5.26 Å². The van der Waals surface area contributed by atoms with Crippen LogP contribution < -0.4 is 10.6 Å². The van der Waals surface area contributed by atoms with Crippen LogP contribution in [0.15, 0.2) is 42.5 Å². The zero-order chi connectivity index (χ0) is 16.8. The molecule has 0 saturated carbocycles. The summed E-state index contributed by atoms with van der Waals surface area (Å²) in [7, 11) is 0. The standard InChI is InChI=1S/C18H17N3O2/c1-12-7-8-14(9-13(12)2)18(23)20-11-17(22)21-16-6-4-3-5-15(16)10-19/h3-9H,11H2,1-2H3,(H,20,23)(H,21,22). The van der Waals surface area contributed by atoms with E-state index < -0.39 is 0 Å². The van der Waals surface area contributed by atoms with Crippen LogP contribution in [-0.2, 0) is 4.79 Å². The van der Waals surface area contributed by atoms with E-state index in [0.717, 1.165) is 11.1 Å². The average molecular weight is 307 g/mol. The first kappa shape index (κ1) is 16.2. The highest BCUT2D eigenvalue weighted by molar-refractivity contribution is 5.99. The summed E-state index contributed by atoms with van der Waals surface area (Å²) in [4.78, 5) is 23.9. The highest BCUT2D eigenvalue weighted by atomic mass is 16.2. The Morgan fingerprint density at radius 3 is 2.52 bits per heavy atom. The van der Waals surface area contributed by atoms with E-state index in [1.807, 2.05) is 26.0 Å². The number of nitrogens with zero attached hydrogens (tertiary/aromatic N) is 1. The molecule has 0 radical (unpaired) electrons. The van der Waals surface area contributed by atoms with Crippen molar-refractivity contribution in [2.24, 2.45) is 0 Å². The topological polar surface area (TPSA) is 82.0 Å². The minimum Gasteiger partial charge on any atom is -0.343 e. The van der Waals surface area contributed by atoms with Gasteiger partial charge in [0.25, 0.3) is 5.91 Å². The normalized spacial score (nSPS) is 9.78. The molecule has 2 amide bonds. The molecule has 0 heterocycles. The van der Waals surface area contributed by atoms with Crippen molar-refractivity contribution < 1.29 is 9.59 Å². The number of benzene rings is 2.